The van der Waals surface area contributed by atoms with E-state index < -0.39 is 35.6 Å². The van der Waals surface area contributed by atoms with E-state index in [1.807, 2.05) is 81.4 Å². The summed E-state index contributed by atoms with van der Waals surface area (Å²) in [4.78, 5) is 87.7. The van der Waals surface area contributed by atoms with Gasteiger partial charge in [0.1, 0.15) is 24.2 Å². The normalized spacial score (nSPS) is 19.6. The molecule has 19 heteroatoms. The molecule has 2 aliphatic heterocycles. The van der Waals surface area contributed by atoms with Crippen LogP contribution >= 0.6 is 22.9 Å². The summed E-state index contributed by atoms with van der Waals surface area (Å²) in [5.41, 5.74) is 6.72. The number of benzene rings is 2. The second kappa shape index (κ2) is 27.9. The fraction of sp³-hybridized carbons (Fsp3) is 0.586. The van der Waals surface area contributed by atoms with Crippen molar-refractivity contribution in [3.8, 4) is 10.4 Å². The highest BCUT2D eigenvalue weighted by molar-refractivity contribution is 7.13. The molecule has 17 nitrogen and oxygen atoms in total. The number of nitrogens with one attached hydrogen (secondary N) is 4. The summed E-state index contributed by atoms with van der Waals surface area (Å²) in [5.74, 6) is -0.283. The first kappa shape index (κ1) is 59.1. The number of likely N-dealkylation sites (tertiary alicyclic amines) is 1. The van der Waals surface area contributed by atoms with Crippen LogP contribution in [-0.4, -0.2) is 135 Å². The molecule has 2 saturated heterocycles. The molecule has 5 amide bonds. The average molecular weight is 1100 g/mol. The Morgan fingerprint density at radius 2 is 1.42 bits per heavy atom. The monoisotopic (exact) mass is 1100 g/mol. The van der Waals surface area contributed by atoms with Gasteiger partial charge in [-0.3, -0.25) is 24.0 Å². The topological polar surface area (TPSA) is 222 Å². The first-order valence-corrected chi connectivity index (χ1v) is 29.0. The van der Waals surface area contributed by atoms with E-state index >= 15 is 0 Å². The molecule has 2 fully saturated rings. The van der Waals surface area contributed by atoms with Crippen LogP contribution in [0.3, 0.4) is 0 Å². The number of anilines is 1. The van der Waals surface area contributed by atoms with Crippen LogP contribution in [0, 0.1) is 12.3 Å². The number of amides is 5. The van der Waals surface area contributed by atoms with Crippen LogP contribution < -0.4 is 26.2 Å². The van der Waals surface area contributed by atoms with Crippen molar-refractivity contribution in [2.75, 3.05) is 57.3 Å². The largest absolute Gasteiger partial charge is 0.391 e. The molecule has 0 unspecified atom stereocenters. The van der Waals surface area contributed by atoms with Crippen LogP contribution in [0.4, 0.5) is 5.82 Å². The lowest BCUT2D eigenvalue weighted by Crippen LogP contribution is -2.57. The second-order valence-electron chi connectivity index (χ2n) is 22.3. The van der Waals surface area contributed by atoms with Gasteiger partial charge in [-0.2, -0.15) is 0 Å². The second-order valence-corrected chi connectivity index (χ2v) is 23.6. The van der Waals surface area contributed by atoms with E-state index in [9.17, 15) is 34.2 Å². The molecule has 7 atom stereocenters. The van der Waals surface area contributed by atoms with Gasteiger partial charge < -0.3 is 46.2 Å². The van der Waals surface area contributed by atoms with Gasteiger partial charge in [0, 0.05) is 82.2 Å². The number of unbranched alkanes of at least 4 members (excludes halogenated alkanes) is 7. The van der Waals surface area contributed by atoms with Gasteiger partial charge in [-0.05, 0) is 73.3 Å². The third-order valence-corrected chi connectivity index (χ3v) is 16.6. The van der Waals surface area contributed by atoms with E-state index in [-0.39, 0.29) is 60.9 Å². The van der Waals surface area contributed by atoms with Gasteiger partial charge >= 0.3 is 0 Å². The standard InChI is InChI=1S/C58H81ClN10O7S/c1-37-31-47(71)51-50(37)54(63-35-62-51)67-27-29-68(30-28-67)56(75)45(41-21-23-43(59)24-22-41)33-60-25-26-61-48(72)15-13-11-9-7-8-10-12-14-16-49(73)66-53(58(4,5)6)57(76)69-34-44(70)32-46(69)55(74)65-38(2)40-17-19-42(20-18-40)52-39(3)64-36-77-52/h17-24,35-38,44-47,53,60,70-71H,7-16,25-34H2,1-6H3,(H,61,72)(H,65,74)(H,66,73)/t37-,38+,44+,45-,46-,47-,53-/m1/s1. The quantitative estimate of drug-likeness (QED) is 0.0355. The van der Waals surface area contributed by atoms with Crippen molar-refractivity contribution in [3.63, 3.8) is 0 Å². The van der Waals surface area contributed by atoms with E-state index in [2.05, 4.69) is 48.0 Å². The van der Waals surface area contributed by atoms with Crippen LogP contribution in [0.25, 0.3) is 10.4 Å². The minimum absolute atomic E-state index is 0.0103. The number of thiazole rings is 1. The Labute approximate surface area is 463 Å². The number of nitrogens with zero attached hydrogens (tertiary/aromatic N) is 6. The zero-order chi connectivity index (χ0) is 55.2. The van der Waals surface area contributed by atoms with Crippen molar-refractivity contribution in [2.24, 2.45) is 5.41 Å². The number of carbonyl (C=O) groups is 5. The maximum atomic E-state index is 14.1. The van der Waals surface area contributed by atoms with E-state index in [0.29, 0.717) is 75.8 Å². The van der Waals surface area contributed by atoms with Crippen LogP contribution in [-0.2, 0) is 24.0 Å². The molecule has 0 saturated carbocycles. The highest BCUT2D eigenvalue weighted by atomic mass is 35.5. The first-order chi connectivity index (χ1) is 36.9. The molecule has 4 heterocycles. The fourth-order valence-corrected chi connectivity index (χ4v) is 11.8. The van der Waals surface area contributed by atoms with Crippen molar-refractivity contribution < 1.29 is 34.2 Å². The molecule has 1 aliphatic carbocycles. The number of fused-ring (bicyclic) bond motifs is 1. The molecule has 2 aromatic carbocycles. The average Bonchev–Trinajstić information content (AvgIpc) is 4.15. The smallest absolute Gasteiger partial charge is 0.246 e. The van der Waals surface area contributed by atoms with Gasteiger partial charge in [0.25, 0.3) is 0 Å². The summed E-state index contributed by atoms with van der Waals surface area (Å²) in [6.07, 6.45) is 9.02. The van der Waals surface area contributed by atoms with E-state index in [4.69, 9.17) is 11.6 Å². The highest BCUT2D eigenvalue weighted by Crippen LogP contribution is 2.43. The molecule has 2 aromatic heterocycles. The van der Waals surface area contributed by atoms with E-state index in [1.165, 1.54) is 11.2 Å². The molecular formula is C58H81ClN10O7S. The van der Waals surface area contributed by atoms with Gasteiger partial charge in [0.05, 0.1) is 45.9 Å². The van der Waals surface area contributed by atoms with E-state index in [1.54, 1.807) is 23.5 Å². The molecule has 0 radical (unpaired) electrons. The maximum absolute atomic E-state index is 14.1. The third-order valence-electron chi connectivity index (χ3n) is 15.3. The maximum Gasteiger partial charge on any atom is 0.246 e. The summed E-state index contributed by atoms with van der Waals surface area (Å²) in [6, 6.07) is 13.3. The Bertz CT molecular complexity index is 2600. The number of hydrogen-bond donors (Lipinski definition) is 6. The lowest BCUT2D eigenvalue weighted by Gasteiger charge is -2.38. The van der Waals surface area contributed by atoms with Crippen LogP contribution in [0.2, 0.25) is 5.02 Å². The Kier molecular flexibility index (Phi) is 21.4. The SMILES string of the molecule is Cc1ncsc1-c1ccc([C@H](C)NC(=O)[C@H]2C[C@H](O)CN2C(=O)[C@@H](NC(=O)CCCCCCCCCCC(=O)NCCNC[C@@H](C(=O)N2CCN(c3ncnc4c3[C@H](C)C[C@H]4O)CC2)c2ccc(Cl)cc2)C(C)(C)C)cc1. The van der Waals surface area contributed by atoms with Crippen LogP contribution in [0.5, 0.6) is 0 Å². The van der Waals surface area contributed by atoms with Gasteiger partial charge in [-0.15, -0.1) is 11.3 Å². The zero-order valence-corrected chi connectivity index (χ0v) is 47.4. The van der Waals surface area contributed by atoms with Crippen LogP contribution in [0.1, 0.15) is 164 Å². The van der Waals surface area contributed by atoms with Crippen molar-refractivity contribution in [1.29, 1.82) is 0 Å². The number of aromatic nitrogens is 3. The van der Waals surface area contributed by atoms with Crippen molar-refractivity contribution in [1.82, 2.24) is 46.0 Å². The number of aliphatic hydroxyl groups excluding tert-OH is 2. The summed E-state index contributed by atoms with van der Waals surface area (Å²) in [5, 5.41) is 34.2. The fourth-order valence-electron chi connectivity index (χ4n) is 10.9. The first-order valence-electron chi connectivity index (χ1n) is 27.8. The Morgan fingerprint density at radius 3 is 2.05 bits per heavy atom. The van der Waals surface area contributed by atoms with Gasteiger partial charge in [0.2, 0.25) is 29.5 Å². The highest BCUT2D eigenvalue weighted by Gasteiger charge is 2.45. The molecule has 7 rings (SSSR count). The number of hydrogen-bond acceptors (Lipinski definition) is 13. The molecule has 0 spiro atoms. The Balaban J connectivity index is 0.740. The molecular weight excluding hydrogens is 1020 g/mol. The number of β-amino-alcohol motifs (C(OH)–C–C–N with tert-alkyl or cyclic N) is 1. The summed E-state index contributed by atoms with van der Waals surface area (Å²) < 4.78 is 0. The number of rotatable bonds is 25. The van der Waals surface area contributed by atoms with Gasteiger partial charge in [-0.1, -0.05) is 114 Å². The lowest BCUT2D eigenvalue weighted by molar-refractivity contribution is -0.144. The molecule has 0 bridgehead atoms. The predicted molar refractivity (Wildman–Crippen MR) is 301 cm³/mol. The third kappa shape index (κ3) is 16.1. The minimum Gasteiger partial charge on any atom is -0.391 e. The molecule has 3 aliphatic rings. The van der Waals surface area contributed by atoms with Crippen molar-refractivity contribution in [2.45, 2.75) is 161 Å². The molecule has 6 N–H and O–H groups in total. The summed E-state index contributed by atoms with van der Waals surface area (Å²) >= 11 is 7.79. The van der Waals surface area contributed by atoms with Crippen LogP contribution in [0.15, 0.2) is 60.4 Å². The lowest BCUT2D eigenvalue weighted by atomic mass is 9.85. The molecule has 4 aromatic rings. The summed E-state index contributed by atoms with van der Waals surface area (Å²) in [6.45, 7) is 15.4. The number of carbonyl (C=O) groups excluding carboxylic acids is 5. The number of aryl methyl sites for hydroxylation is 1. The predicted octanol–water partition coefficient (Wildman–Crippen LogP) is 7.51. The van der Waals surface area contributed by atoms with Crippen molar-refractivity contribution in [3.05, 3.63) is 93.5 Å². The van der Waals surface area contributed by atoms with E-state index in [0.717, 1.165) is 83.6 Å². The zero-order valence-electron chi connectivity index (χ0n) is 45.9. The minimum atomic E-state index is -0.871. The number of halogens is 1. The van der Waals surface area contributed by atoms with Gasteiger partial charge in [-0.25, -0.2) is 15.0 Å². The number of piperazine rings is 1. The van der Waals surface area contributed by atoms with Gasteiger partial charge in [0.15, 0.2) is 0 Å². The Morgan fingerprint density at radius 1 is 0.779 bits per heavy atom. The van der Waals surface area contributed by atoms with Crippen molar-refractivity contribution >= 4 is 58.3 Å². The summed E-state index contributed by atoms with van der Waals surface area (Å²) in [7, 11) is 0. The molecule has 418 valence electrons. The number of aliphatic hydroxyl groups is 2. The Hall–Kier alpha value is -5.53. The molecule has 77 heavy (non-hydrogen) atoms.